The van der Waals surface area contributed by atoms with E-state index in [1.807, 2.05) is 6.92 Å². The first-order valence-corrected chi connectivity index (χ1v) is 7.05. The lowest BCUT2D eigenvalue weighted by Crippen LogP contribution is -2.35. The summed E-state index contributed by atoms with van der Waals surface area (Å²) in [5, 5.41) is 13.3. The molecule has 0 aromatic heterocycles. The molecule has 1 aromatic rings. The van der Waals surface area contributed by atoms with Gasteiger partial charge in [0.05, 0.1) is 6.54 Å². The van der Waals surface area contributed by atoms with Gasteiger partial charge in [-0.15, -0.1) is 0 Å². The van der Waals surface area contributed by atoms with Gasteiger partial charge < -0.3 is 20.9 Å². The fourth-order valence-corrected chi connectivity index (χ4v) is 1.73. The van der Waals surface area contributed by atoms with Gasteiger partial charge in [-0.3, -0.25) is 4.99 Å². The molecular formula is C15H24FN3O2. The van der Waals surface area contributed by atoms with E-state index in [2.05, 4.69) is 10.3 Å². The lowest BCUT2D eigenvalue weighted by molar-refractivity contribution is 0.0672. The van der Waals surface area contributed by atoms with E-state index in [-0.39, 0.29) is 18.3 Å². The Kier molecular flexibility index (Phi) is 7.11. The van der Waals surface area contributed by atoms with E-state index in [9.17, 15) is 9.50 Å². The van der Waals surface area contributed by atoms with Crippen molar-refractivity contribution in [3.8, 4) is 0 Å². The lowest BCUT2D eigenvalue weighted by Gasteiger charge is -2.22. The van der Waals surface area contributed by atoms with E-state index in [0.717, 1.165) is 6.42 Å². The largest absolute Gasteiger partial charge is 0.384 e. The quantitative estimate of drug-likeness (QED) is 0.384. The van der Waals surface area contributed by atoms with E-state index in [1.54, 1.807) is 6.92 Å². The Bertz CT molecular complexity index is 447. The molecule has 6 heteroatoms. The average Bonchev–Trinajstić information content (AvgIpc) is 2.45. The summed E-state index contributed by atoms with van der Waals surface area (Å²) in [4.78, 5) is 4.11. The predicted octanol–water partition coefficient (Wildman–Crippen LogP) is 1.36. The summed E-state index contributed by atoms with van der Waals surface area (Å²) < 4.78 is 18.1. The number of nitrogens with two attached hydrogens (primary N) is 1. The summed E-state index contributed by atoms with van der Waals surface area (Å²) in [5.74, 6) is -0.0672. The van der Waals surface area contributed by atoms with Gasteiger partial charge in [0.1, 0.15) is 11.4 Å². The molecular weight excluding hydrogens is 273 g/mol. The smallest absolute Gasteiger partial charge is 0.188 e. The zero-order chi connectivity index (χ0) is 15.7. The van der Waals surface area contributed by atoms with E-state index < -0.39 is 5.60 Å². The van der Waals surface area contributed by atoms with Crippen molar-refractivity contribution in [3.05, 3.63) is 35.6 Å². The van der Waals surface area contributed by atoms with Crippen molar-refractivity contribution in [1.29, 1.82) is 0 Å². The predicted molar refractivity (Wildman–Crippen MR) is 81.6 cm³/mol. The monoisotopic (exact) mass is 297 g/mol. The molecule has 0 fully saturated rings. The van der Waals surface area contributed by atoms with E-state index >= 15 is 0 Å². The van der Waals surface area contributed by atoms with E-state index in [1.165, 1.54) is 24.3 Å². The summed E-state index contributed by atoms with van der Waals surface area (Å²) in [7, 11) is 0. The average molecular weight is 297 g/mol. The molecule has 1 rings (SSSR count). The first-order valence-electron chi connectivity index (χ1n) is 7.05. The SMILES string of the molecule is CCOCCCNC(N)=NCC(C)(O)c1ccc(F)cc1. The number of aliphatic hydroxyl groups is 1. The normalized spacial score (nSPS) is 14.8. The number of aliphatic imine (C=N–C) groups is 1. The van der Waals surface area contributed by atoms with Crippen LogP contribution in [0.1, 0.15) is 25.8 Å². The number of nitrogens with zero attached hydrogens (tertiary/aromatic N) is 1. The zero-order valence-corrected chi connectivity index (χ0v) is 12.6. The standard InChI is InChI=1S/C15H24FN3O2/c1-3-21-10-4-9-18-14(17)19-11-15(2,20)12-5-7-13(16)8-6-12/h5-8,20H,3-4,9-11H2,1-2H3,(H3,17,18,19). The van der Waals surface area contributed by atoms with Crippen LogP contribution in [0.15, 0.2) is 29.3 Å². The molecule has 4 N–H and O–H groups in total. The van der Waals surface area contributed by atoms with Crippen LogP contribution in [-0.4, -0.2) is 37.4 Å². The highest BCUT2D eigenvalue weighted by Gasteiger charge is 2.22. The molecule has 0 amide bonds. The maximum Gasteiger partial charge on any atom is 0.188 e. The minimum atomic E-state index is -1.19. The molecule has 1 atom stereocenters. The van der Waals surface area contributed by atoms with Crippen LogP contribution < -0.4 is 11.1 Å². The van der Waals surface area contributed by atoms with Crippen LogP contribution in [0.3, 0.4) is 0 Å². The van der Waals surface area contributed by atoms with Crippen molar-refractivity contribution < 1.29 is 14.2 Å². The topological polar surface area (TPSA) is 79.9 Å². The van der Waals surface area contributed by atoms with Crippen LogP contribution in [0, 0.1) is 5.82 Å². The number of nitrogens with one attached hydrogen (secondary N) is 1. The molecule has 0 bridgehead atoms. The van der Waals surface area contributed by atoms with Crippen molar-refractivity contribution >= 4 is 5.96 Å². The van der Waals surface area contributed by atoms with Crippen LogP contribution >= 0.6 is 0 Å². The maximum atomic E-state index is 12.9. The third kappa shape index (κ3) is 6.55. The summed E-state index contributed by atoms with van der Waals surface area (Å²) in [6.07, 6.45) is 0.832. The Morgan fingerprint density at radius 2 is 2.10 bits per heavy atom. The van der Waals surface area contributed by atoms with Crippen LogP contribution in [0.2, 0.25) is 0 Å². The van der Waals surface area contributed by atoms with Crippen LogP contribution in [0.4, 0.5) is 4.39 Å². The zero-order valence-electron chi connectivity index (χ0n) is 12.6. The van der Waals surface area contributed by atoms with E-state index in [0.29, 0.717) is 25.3 Å². The lowest BCUT2D eigenvalue weighted by atomic mass is 9.96. The molecule has 0 saturated heterocycles. The Hall–Kier alpha value is -1.66. The van der Waals surface area contributed by atoms with Crippen LogP contribution in [-0.2, 0) is 10.3 Å². The highest BCUT2D eigenvalue weighted by Crippen LogP contribution is 2.20. The molecule has 0 spiro atoms. The summed E-state index contributed by atoms with van der Waals surface area (Å²) in [6.45, 7) is 5.69. The molecule has 118 valence electrons. The van der Waals surface area contributed by atoms with Crippen molar-refractivity contribution in [1.82, 2.24) is 5.32 Å². The minimum absolute atomic E-state index is 0.100. The van der Waals surface area contributed by atoms with Gasteiger partial charge in [0, 0.05) is 19.8 Å². The van der Waals surface area contributed by atoms with Gasteiger partial charge in [-0.25, -0.2) is 4.39 Å². The second-order valence-corrected chi connectivity index (χ2v) is 4.96. The summed E-state index contributed by atoms with van der Waals surface area (Å²) >= 11 is 0. The number of halogens is 1. The van der Waals surface area contributed by atoms with Gasteiger partial charge >= 0.3 is 0 Å². The molecule has 5 nitrogen and oxygen atoms in total. The number of rotatable bonds is 8. The highest BCUT2D eigenvalue weighted by atomic mass is 19.1. The third-order valence-corrected chi connectivity index (χ3v) is 3.00. The molecule has 1 unspecified atom stereocenters. The molecule has 1 aromatic carbocycles. The van der Waals surface area contributed by atoms with Crippen molar-refractivity contribution in [3.63, 3.8) is 0 Å². The second kappa shape index (κ2) is 8.59. The molecule has 0 radical (unpaired) electrons. The van der Waals surface area contributed by atoms with Crippen LogP contribution in [0.25, 0.3) is 0 Å². The molecule has 21 heavy (non-hydrogen) atoms. The van der Waals surface area contributed by atoms with Crippen LogP contribution in [0.5, 0.6) is 0 Å². The number of hydrogen-bond donors (Lipinski definition) is 3. The maximum absolute atomic E-state index is 12.9. The van der Waals surface area contributed by atoms with Crippen molar-refractivity contribution in [2.24, 2.45) is 10.7 Å². The van der Waals surface area contributed by atoms with Crippen molar-refractivity contribution in [2.75, 3.05) is 26.3 Å². The number of hydrogen-bond acceptors (Lipinski definition) is 3. The molecule has 0 aliphatic rings. The number of benzene rings is 1. The molecule has 0 aliphatic carbocycles. The van der Waals surface area contributed by atoms with Gasteiger partial charge in [0.2, 0.25) is 0 Å². The fraction of sp³-hybridized carbons (Fsp3) is 0.533. The number of ether oxygens (including phenoxy) is 1. The van der Waals surface area contributed by atoms with Gasteiger partial charge in [0.15, 0.2) is 5.96 Å². The van der Waals surface area contributed by atoms with Gasteiger partial charge in [-0.05, 0) is 38.0 Å². The Morgan fingerprint density at radius 1 is 1.43 bits per heavy atom. The van der Waals surface area contributed by atoms with Gasteiger partial charge in [0.25, 0.3) is 0 Å². The summed E-state index contributed by atoms with van der Waals surface area (Å²) in [5.41, 5.74) is 5.13. The highest BCUT2D eigenvalue weighted by molar-refractivity contribution is 5.77. The van der Waals surface area contributed by atoms with Gasteiger partial charge in [-0.1, -0.05) is 12.1 Å². The Labute approximate surface area is 125 Å². The Balaban J connectivity index is 2.43. The number of guanidine groups is 1. The molecule has 0 aliphatic heterocycles. The van der Waals surface area contributed by atoms with Crippen molar-refractivity contribution in [2.45, 2.75) is 25.9 Å². The first-order chi connectivity index (χ1) is 9.95. The Morgan fingerprint density at radius 3 is 2.71 bits per heavy atom. The van der Waals surface area contributed by atoms with Gasteiger partial charge in [-0.2, -0.15) is 0 Å². The first kappa shape index (κ1) is 17.4. The third-order valence-electron chi connectivity index (χ3n) is 3.00. The molecule has 0 heterocycles. The molecule has 0 saturated carbocycles. The second-order valence-electron chi connectivity index (χ2n) is 4.96. The summed E-state index contributed by atoms with van der Waals surface area (Å²) in [6, 6.07) is 5.69. The van der Waals surface area contributed by atoms with E-state index in [4.69, 9.17) is 10.5 Å². The minimum Gasteiger partial charge on any atom is -0.384 e. The fourth-order valence-electron chi connectivity index (χ4n) is 1.73.